The van der Waals surface area contributed by atoms with Crippen LogP contribution in [0.3, 0.4) is 0 Å². The molecule has 2 aromatic rings. The van der Waals surface area contributed by atoms with Crippen LogP contribution in [-0.2, 0) is 14.8 Å². The Labute approximate surface area is 183 Å². The zero-order valence-corrected chi connectivity index (χ0v) is 18.8. The highest BCUT2D eigenvalue weighted by molar-refractivity contribution is 7.89. The van der Waals surface area contributed by atoms with Crippen molar-refractivity contribution in [3.8, 4) is 5.75 Å². The maximum absolute atomic E-state index is 12.8. The van der Waals surface area contributed by atoms with Gasteiger partial charge in [-0.1, -0.05) is 36.2 Å². The highest BCUT2D eigenvalue weighted by Crippen LogP contribution is 2.30. The molecule has 2 aromatic carbocycles. The number of rotatable bonds is 7. The Morgan fingerprint density at radius 3 is 2.47 bits per heavy atom. The van der Waals surface area contributed by atoms with Gasteiger partial charge in [-0.15, -0.1) is 0 Å². The second kappa shape index (κ2) is 9.81. The molecular weight excluding hydrogens is 424 g/mol. The van der Waals surface area contributed by atoms with Gasteiger partial charge in [-0.25, -0.2) is 8.42 Å². The van der Waals surface area contributed by atoms with E-state index in [0.29, 0.717) is 49.0 Å². The SMILES string of the molecule is CCCOc1ccc(Cl)cc1NC(=O)C1CCN(S(=O)(=O)c2ccc(C)cc2)CC1. The summed E-state index contributed by atoms with van der Waals surface area (Å²) in [5, 5.41) is 3.41. The van der Waals surface area contributed by atoms with E-state index in [1.807, 2.05) is 13.8 Å². The van der Waals surface area contributed by atoms with Gasteiger partial charge in [0.1, 0.15) is 5.75 Å². The minimum atomic E-state index is -3.55. The summed E-state index contributed by atoms with van der Waals surface area (Å²) in [5.41, 5.74) is 1.54. The van der Waals surface area contributed by atoms with Crippen LogP contribution in [-0.4, -0.2) is 38.3 Å². The molecule has 1 heterocycles. The van der Waals surface area contributed by atoms with Gasteiger partial charge in [0, 0.05) is 24.0 Å². The van der Waals surface area contributed by atoms with Gasteiger partial charge in [0.25, 0.3) is 0 Å². The molecule has 1 fully saturated rings. The quantitative estimate of drug-likeness (QED) is 0.674. The van der Waals surface area contributed by atoms with E-state index in [2.05, 4.69) is 5.32 Å². The van der Waals surface area contributed by atoms with Crippen molar-refractivity contribution < 1.29 is 17.9 Å². The van der Waals surface area contributed by atoms with E-state index in [0.717, 1.165) is 12.0 Å². The van der Waals surface area contributed by atoms with E-state index in [9.17, 15) is 13.2 Å². The van der Waals surface area contributed by atoms with Crippen molar-refractivity contribution in [2.24, 2.45) is 5.92 Å². The van der Waals surface area contributed by atoms with E-state index in [4.69, 9.17) is 16.3 Å². The van der Waals surface area contributed by atoms with Crippen LogP contribution in [0, 0.1) is 12.8 Å². The van der Waals surface area contributed by atoms with Gasteiger partial charge < -0.3 is 10.1 Å². The Morgan fingerprint density at radius 1 is 1.17 bits per heavy atom. The molecule has 1 aliphatic heterocycles. The van der Waals surface area contributed by atoms with E-state index in [1.165, 1.54) is 4.31 Å². The summed E-state index contributed by atoms with van der Waals surface area (Å²) in [6.07, 6.45) is 1.77. The zero-order valence-electron chi connectivity index (χ0n) is 17.2. The predicted octanol–water partition coefficient (Wildman–Crippen LogP) is 4.48. The molecule has 30 heavy (non-hydrogen) atoms. The van der Waals surface area contributed by atoms with Gasteiger partial charge in [-0.2, -0.15) is 4.31 Å². The van der Waals surface area contributed by atoms with Gasteiger partial charge in [-0.3, -0.25) is 4.79 Å². The zero-order chi connectivity index (χ0) is 21.7. The molecule has 1 aliphatic rings. The molecule has 0 saturated carbocycles. The summed E-state index contributed by atoms with van der Waals surface area (Å²) in [6, 6.07) is 12.0. The van der Waals surface area contributed by atoms with Crippen LogP contribution in [0.5, 0.6) is 5.75 Å². The molecule has 1 amide bonds. The van der Waals surface area contributed by atoms with Crippen molar-refractivity contribution in [3.63, 3.8) is 0 Å². The summed E-state index contributed by atoms with van der Waals surface area (Å²) in [7, 11) is -3.55. The number of amides is 1. The lowest BCUT2D eigenvalue weighted by Gasteiger charge is -2.30. The highest BCUT2D eigenvalue weighted by Gasteiger charge is 2.32. The number of nitrogens with one attached hydrogen (secondary N) is 1. The number of carbonyl (C=O) groups is 1. The summed E-state index contributed by atoms with van der Waals surface area (Å²) in [6.45, 7) is 5.08. The molecule has 0 unspecified atom stereocenters. The fraction of sp³-hybridized carbons (Fsp3) is 0.409. The normalized spacial score (nSPS) is 15.7. The average molecular weight is 451 g/mol. The van der Waals surface area contributed by atoms with Crippen LogP contribution in [0.1, 0.15) is 31.7 Å². The molecule has 162 valence electrons. The van der Waals surface area contributed by atoms with Crippen LogP contribution in [0.15, 0.2) is 47.4 Å². The van der Waals surface area contributed by atoms with Gasteiger partial charge in [0.05, 0.1) is 17.2 Å². The summed E-state index contributed by atoms with van der Waals surface area (Å²) in [4.78, 5) is 13.1. The Balaban J connectivity index is 1.63. The first kappa shape index (κ1) is 22.6. The molecule has 0 bridgehead atoms. The van der Waals surface area contributed by atoms with Gasteiger partial charge >= 0.3 is 0 Å². The third kappa shape index (κ3) is 5.33. The van der Waals surface area contributed by atoms with Crippen molar-refractivity contribution in [3.05, 3.63) is 53.1 Å². The van der Waals surface area contributed by atoms with Crippen molar-refractivity contribution in [1.29, 1.82) is 0 Å². The molecule has 0 radical (unpaired) electrons. The van der Waals surface area contributed by atoms with Crippen LogP contribution in [0.4, 0.5) is 5.69 Å². The van der Waals surface area contributed by atoms with Crippen molar-refractivity contribution >= 4 is 33.2 Å². The maximum atomic E-state index is 12.8. The topological polar surface area (TPSA) is 75.7 Å². The number of benzene rings is 2. The minimum absolute atomic E-state index is 0.147. The summed E-state index contributed by atoms with van der Waals surface area (Å²) in [5.74, 6) is 0.160. The molecule has 1 N–H and O–H groups in total. The fourth-order valence-electron chi connectivity index (χ4n) is 3.39. The second-order valence-corrected chi connectivity index (χ2v) is 9.84. The first-order valence-electron chi connectivity index (χ1n) is 10.1. The number of carbonyl (C=O) groups excluding carboxylic acids is 1. The van der Waals surface area contributed by atoms with E-state index >= 15 is 0 Å². The van der Waals surface area contributed by atoms with E-state index in [-0.39, 0.29) is 16.7 Å². The van der Waals surface area contributed by atoms with Crippen LogP contribution in [0.2, 0.25) is 5.02 Å². The Kier molecular flexibility index (Phi) is 7.39. The number of hydrogen-bond acceptors (Lipinski definition) is 4. The van der Waals surface area contributed by atoms with Gasteiger partial charge in [-0.05, 0) is 56.5 Å². The Morgan fingerprint density at radius 2 is 1.83 bits per heavy atom. The molecular formula is C22H27ClN2O4S. The number of nitrogens with zero attached hydrogens (tertiary/aromatic N) is 1. The lowest BCUT2D eigenvalue weighted by Crippen LogP contribution is -2.41. The third-order valence-corrected chi connectivity index (χ3v) is 7.29. The largest absolute Gasteiger partial charge is 0.491 e. The Bertz CT molecular complexity index is 985. The molecule has 3 rings (SSSR count). The smallest absolute Gasteiger partial charge is 0.243 e. The monoisotopic (exact) mass is 450 g/mol. The predicted molar refractivity (Wildman–Crippen MR) is 119 cm³/mol. The Hall–Kier alpha value is -2.09. The molecule has 8 heteroatoms. The van der Waals surface area contributed by atoms with Crippen LogP contribution < -0.4 is 10.1 Å². The molecule has 0 aromatic heterocycles. The van der Waals surface area contributed by atoms with Crippen molar-refractivity contribution in [2.45, 2.75) is 38.0 Å². The fourth-order valence-corrected chi connectivity index (χ4v) is 5.03. The molecule has 6 nitrogen and oxygen atoms in total. The summed E-state index contributed by atoms with van der Waals surface area (Å²) >= 11 is 6.08. The highest BCUT2D eigenvalue weighted by atomic mass is 35.5. The lowest BCUT2D eigenvalue weighted by molar-refractivity contribution is -0.120. The number of anilines is 1. The summed E-state index contributed by atoms with van der Waals surface area (Å²) < 4.78 is 32.8. The minimum Gasteiger partial charge on any atom is -0.491 e. The van der Waals surface area contributed by atoms with Crippen molar-refractivity contribution in [2.75, 3.05) is 25.0 Å². The number of hydrogen-bond donors (Lipinski definition) is 1. The number of piperidine rings is 1. The standard InChI is InChI=1S/C22H27ClN2O4S/c1-3-14-29-21-9-6-18(23)15-20(21)24-22(26)17-10-12-25(13-11-17)30(27,28)19-7-4-16(2)5-8-19/h4-9,15,17H,3,10-14H2,1-2H3,(H,24,26). The van der Waals surface area contributed by atoms with Gasteiger partial charge in [0.15, 0.2) is 0 Å². The molecule has 0 aliphatic carbocycles. The number of sulfonamides is 1. The van der Waals surface area contributed by atoms with Crippen LogP contribution >= 0.6 is 11.6 Å². The molecule has 0 atom stereocenters. The number of ether oxygens (including phenoxy) is 1. The van der Waals surface area contributed by atoms with Crippen molar-refractivity contribution in [1.82, 2.24) is 4.31 Å². The van der Waals surface area contributed by atoms with E-state index < -0.39 is 10.0 Å². The first-order chi connectivity index (χ1) is 14.3. The van der Waals surface area contributed by atoms with Crippen LogP contribution in [0.25, 0.3) is 0 Å². The van der Waals surface area contributed by atoms with E-state index in [1.54, 1.807) is 42.5 Å². The number of halogens is 1. The van der Waals surface area contributed by atoms with Gasteiger partial charge in [0.2, 0.25) is 15.9 Å². The molecule has 1 saturated heterocycles. The average Bonchev–Trinajstić information content (AvgIpc) is 2.73. The molecule has 0 spiro atoms. The lowest BCUT2D eigenvalue weighted by atomic mass is 9.97. The number of aryl methyl sites for hydroxylation is 1. The third-order valence-electron chi connectivity index (χ3n) is 5.14. The maximum Gasteiger partial charge on any atom is 0.243 e. The second-order valence-electron chi connectivity index (χ2n) is 7.47. The first-order valence-corrected chi connectivity index (χ1v) is 11.9.